The molecule has 0 aliphatic rings. The highest BCUT2D eigenvalue weighted by molar-refractivity contribution is 7.98. The van der Waals surface area contributed by atoms with Crippen molar-refractivity contribution in [2.75, 3.05) is 0 Å². The number of hydrogen-bond acceptors (Lipinski definition) is 3. The first-order chi connectivity index (χ1) is 10.7. The number of rotatable bonds is 5. The molecule has 0 atom stereocenters. The third-order valence-corrected chi connectivity index (χ3v) is 4.45. The van der Waals surface area contributed by atoms with Crippen LogP contribution in [0.4, 0.5) is 0 Å². The molecule has 2 heterocycles. The molecule has 4 nitrogen and oxygen atoms in total. The van der Waals surface area contributed by atoms with Crippen LogP contribution >= 0.6 is 11.8 Å². The molecule has 0 saturated heterocycles. The van der Waals surface area contributed by atoms with Crippen molar-refractivity contribution >= 4 is 17.5 Å². The lowest BCUT2D eigenvalue weighted by atomic mass is 10.2. The monoisotopic (exact) mass is 311 g/mol. The van der Waals surface area contributed by atoms with E-state index >= 15 is 0 Å². The highest BCUT2D eigenvalue weighted by Gasteiger charge is 2.11. The summed E-state index contributed by atoms with van der Waals surface area (Å²) in [5.74, 6) is 1.52. The predicted molar refractivity (Wildman–Crippen MR) is 90.4 cm³/mol. The largest absolute Gasteiger partial charge is 0.301 e. The van der Waals surface area contributed by atoms with Crippen molar-refractivity contribution in [2.45, 2.75) is 24.2 Å². The zero-order valence-electron chi connectivity index (χ0n) is 12.4. The van der Waals surface area contributed by atoms with E-state index in [1.807, 2.05) is 42.0 Å². The Morgan fingerprint density at radius 3 is 2.82 bits per heavy atom. The van der Waals surface area contributed by atoms with E-state index in [1.54, 1.807) is 22.2 Å². The fourth-order valence-corrected chi connectivity index (χ4v) is 3.33. The van der Waals surface area contributed by atoms with Crippen molar-refractivity contribution in [3.63, 3.8) is 0 Å². The van der Waals surface area contributed by atoms with Crippen LogP contribution in [0.25, 0.3) is 5.78 Å². The first-order valence-corrected chi connectivity index (χ1v) is 8.05. The SMILES string of the molecule is C=CCn1c(SCc2ccccc2)cn2c(=O)cc(C)nc12. The fourth-order valence-electron chi connectivity index (χ4n) is 2.33. The van der Waals surface area contributed by atoms with Crippen molar-refractivity contribution in [2.24, 2.45) is 0 Å². The molecule has 0 radical (unpaired) electrons. The van der Waals surface area contributed by atoms with Gasteiger partial charge in [0.05, 0.1) is 5.03 Å². The molecule has 0 spiro atoms. The van der Waals surface area contributed by atoms with Crippen molar-refractivity contribution in [3.8, 4) is 0 Å². The molecule has 0 bridgehead atoms. The van der Waals surface area contributed by atoms with Crippen LogP contribution in [0.1, 0.15) is 11.3 Å². The molecule has 0 amide bonds. The summed E-state index contributed by atoms with van der Waals surface area (Å²) in [7, 11) is 0. The average molecular weight is 311 g/mol. The van der Waals surface area contributed by atoms with Gasteiger partial charge in [0.25, 0.3) is 5.56 Å². The van der Waals surface area contributed by atoms with E-state index in [-0.39, 0.29) is 5.56 Å². The number of nitrogens with zero attached hydrogens (tertiary/aromatic N) is 3. The first-order valence-electron chi connectivity index (χ1n) is 7.06. The molecule has 5 heteroatoms. The highest BCUT2D eigenvalue weighted by Crippen LogP contribution is 2.24. The molecule has 2 aromatic heterocycles. The Morgan fingerprint density at radius 2 is 2.09 bits per heavy atom. The fraction of sp³-hybridized carbons (Fsp3) is 0.176. The molecule has 0 unspecified atom stereocenters. The summed E-state index contributed by atoms with van der Waals surface area (Å²) in [6, 6.07) is 11.8. The van der Waals surface area contributed by atoms with Gasteiger partial charge in [0.15, 0.2) is 0 Å². The maximum atomic E-state index is 12.1. The number of thioether (sulfide) groups is 1. The van der Waals surface area contributed by atoms with Gasteiger partial charge in [0, 0.05) is 30.3 Å². The molecule has 0 fully saturated rings. The summed E-state index contributed by atoms with van der Waals surface area (Å²) >= 11 is 1.70. The number of aromatic nitrogens is 3. The van der Waals surface area contributed by atoms with Crippen LogP contribution < -0.4 is 5.56 Å². The molecule has 0 aliphatic heterocycles. The van der Waals surface area contributed by atoms with E-state index in [0.29, 0.717) is 12.3 Å². The van der Waals surface area contributed by atoms with Crippen molar-refractivity contribution in [3.05, 3.63) is 76.9 Å². The first kappa shape index (κ1) is 14.7. The van der Waals surface area contributed by atoms with Gasteiger partial charge in [0.1, 0.15) is 0 Å². The summed E-state index contributed by atoms with van der Waals surface area (Å²) in [5.41, 5.74) is 1.93. The molecular weight excluding hydrogens is 294 g/mol. The minimum Gasteiger partial charge on any atom is -0.301 e. The summed E-state index contributed by atoms with van der Waals surface area (Å²) in [5, 5.41) is 1.01. The van der Waals surface area contributed by atoms with Crippen LogP contribution in [0.5, 0.6) is 0 Å². The lowest BCUT2D eigenvalue weighted by Crippen LogP contribution is -2.14. The Kier molecular flexibility index (Phi) is 4.15. The normalized spacial score (nSPS) is 11.0. The second-order valence-corrected chi connectivity index (χ2v) is 6.04. The lowest BCUT2D eigenvalue weighted by molar-refractivity contribution is 0.764. The van der Waals surface area contributed by atoms with E-state index in [1.165, 1.54) is 5.56 Å². The molecule has 0 N–H and O–H groups in total. The number of fused-ring (bicyclic) bond motifs is 1. The second kappa shape index (κ2) is 6.23. The summed E-state index contributed by atoms with van der Waals surface area (Å²) < 4.78 is 3.62. The maximum absolute atomic E-state index is 12.1. The standard InChI is InChI=1S/C17H17N3OS/c1-3-9-19-16(22-12-14-7-5-4-6-8-14)11-20-15(21)10-13(2)18-17(19)20/h3-8,10-11H,1,9,12H2,2H3. The lowest BCUT2D eigenvalue weighted by Gasteiger charge is -2.06. The van der Waals surface area contributed by atoms with Gasteiger partial charge in [-0.05, 0) is 12.5 Å². The third kappa shape index (κ3) is 2.85. The van der Waals surface area contributed by atoms with E-state index < -0.39 is 0 Å². The Balaban J connectivity index is 2.01. The molecule has 0 saturated carbocycles. The molecule has 22 heavy (non-hydrogen) atoms. The zero-order chi connectivity index (χ0) is 15.5. The summed E-state index contributed by atoms with van der Waals surface area (Å²) in [6.45, 7) is 6.27. The third-order valence-electron chi connectivity index (χ3n) is 3.35. The predicted octanol–water partition coefficient (Wildman–Crippen LogP) is 3.28. The maximum Gasteiger partial charge on any atom is 0.259 e. The Hall–Kier alpha value is -2.27. The van der Waals surface area contributed by atoms with Crippen molar-refractivity contribution < 1.29 is 0 Å². The van der Waals surface area contributed by atoms with Crippen molar-refractivity contribution in [1.29, 1.82) is 0 Å². The van der Waals surface area contributed by atoms with Crippen LogP contribution in [0.15, 0.2) is 65.1 Å². The quantitative estimate of drug-likeness (QED) is 0.536. The summed E-state index contributed by atoms with van der Waals surface area (Å²) in [4.78, 5) is 16.6. The zero-order valence-corrected chi connectivity index (χ0v) is 13.2. The summed E-state index contributed by atoms with van der Waals surface area (Å²) in [6.07, 6.45) is 3.68. The van der Waals surface area contributed by atoms with Gasteiger partial charge in [-0.3, -0.25) is 9.20 Å². The topological polar surface area (TPSA) is 39.3 Å². The molecule has 112 valence electrons. The highest BCUT2D eigenvalue weighted by atomic mass is 32.2. The number of benzene rings is 1. The van der Waals surface area contributed by atoms with E-state index in [2.05, 4.69) is 23.7 Å². The van der Waals surface area contributed by atoms with E-state index in [9.17, 15) is 4.79 Å². The Morgan fingerprint density at radius 1 is 1.32 bits per heavy atom. The van der Waals surface area contributed by atoms with Gasteiger partial charge >= 0.3 is 0 Å². The molecular formula is C17H17N3OS. The minimum absolute atomic E-state index is 0.0492. The van der Waals surface area contributed by atoms with Gasteiger partial charge in [-0.15, -0.1) is 18.3 Å². The molecule has 0 aliphatic carbocycles. The van der Waals surface area contributed by atoms with Crippen LogP contribution in [-0.4, -0.2) is 14.0 Å². The average Bonchev–Trinajstić information content (AvgIpc) is 2.85. The minimum atomic E-state index is -0.0492. The second-order valence-electron chi connectivity index (χ2n) is 5.05. The Bertz CT molecular complexity index is 865. The Labute approximate surface area is 133 Å². The van der Waals surface area contributed by atoms with Gasteiger partial charge in [-0.1, -0.05) is 36.4 Å². The molecule has 3 aromatic rings. The van der Waals surface area contributed by atoms with Crippen LogP contribution in [-0.2, 0) is 12.3 Å². The van der Waals surface area contributed by atoms with Gasteiger partial charge in [0.2, 0.25) is 5.78 Å². The van der Waals surface area contributed by atoms with Gasteiger partial charge in [-0.25, -0.2) is 4.98 Å². The van der Waals surface area contributed by atoms with E-state index in [0.717, 1.165) is 16.5 Å². The van der Waals surface area contributed by atoms with Crippen molar-refractivity contribution in [1.82, 2.24) is 14.0 Å². The number of aryl methyl sites for hydroxylation is 1. The van der Waals surface area contributed by atoms with Crippen LogP contribution in [0.3, 0.4) is 0 Å². The number of imidazole rings is 1. The van der Waals surface area contributed by atoms with Crippen LogP contribution in [0, 0.1) is 6.92 Å². The molecule has 1 aromatic carbocycles. The van der Waals surface area contributed by atoms with Gasteiger partial charge < -0.3 is 4.57 Å². The number of hydrogen-bond donors (Lipinski definition) is 0. The van der Waals surface area contributed by atoms with E-state index in [4.69, 9.17) is 0 Å². The molecule has 3 rings (SSSR count). The smallest absolute Gasteiger partial charge is 0.259 e. The number of allylic oxidation sites excluding steroid dienone is 1. The van der Waals surface area contributed by atoms with Gasteiger partial charge in [-0.2, -0.15) is 0 Å². The van der Waals surface area contributed by atoms with Crippen LogP contribution in [0.2, 0.25) is 0 Å².